The zero-order valence-electron chi connectivity index (χ0n) is 21.6. The van der Waals surface area contributed by atoms with E-state index in [-0.39, 0.29) is 6.67 Å². The van der Waals surface area contributed by atoms with Gasteiger partial charge in [0.2, 0.25) is 0 Å². The molecule has 0 bridgehead atoms. The van der Waals surface area contributed by atoms with Gasteiger partial charge in [0.05, 0.1) is 0 Å². The summed E-state index contributed by atoms with van der Waals surface area (Å²) in [5.41, 5.74) is 2.26. The summed E-state index contributed by atoms with van der Waals surface area (Å²) >= 11 is 0. The summed E-state index contributed by atoms with van der Waals surface area (Å²) in [6.07, 6.45) is 26.6. The molecular weight excluding hydrogens is 403 g/mol. The highest BCUT2D eigenvalue weighted by atomic mass is 19.1. The fourth-order valence-corrected chi connectivity index (χ4v) is 7.71. The summed E-state index contributed by atoms with van der Waals surface area (Å²) in [4.78, 5) is 0. The highest BCUT2D eigenvalue weighted by Crippen LogP contribution is 2.44. The maximum Gasteiger partial charge on any atom is 0.115 e. The van der Waals surface area contributed by atoms with Crippen LogP contribution in [0.4, 0.5) is 4.39 Å². The van der Waals surface area contributed by atoms with E-state index in [9.17, 15) is 4.39 Å². The highest BCUT2D eigenvalue weighted by molar-refractivity contribution is 5.25. The van der Waals surface area contributed by atoms with Gasteiger partial charge in [-0.25, -0.2) is 4.39 Å². The van der Waals surface area contributed by atoms with Crippen molar-refractivity contribution in [1.29, 1.82) is 0 Å². The third-order valence-corrected chi connectivity index (χ3v) is 10.1. The van der Waals surface area contributed by atoms with Crippen molar-refractivity contribution in [3.8, 4) is 0 Å². The monoisotopic (exact) mass is 454 g/mol. The summed E-state index contributed by atoms with van der Waals surface area (Å²) in [6.45, 7) is 1.99. The Labute approximate surface area is 204 Å². The van der Waals surface area contributed by atoms with Gasteiger partial charge in [0.15, 0.2) is 0 Å². The predicted octanol–water partition coefficient (Wildman–Crippen LogP) is 10.4. The molecule has 0 aliphatic heterocycles. The molecule has 0 radical (unpaired) electrons. The van der Waals surface area contributed by atoms with Gasteiger partial charge in [0.1, 0.15) is 6.67 Å². The van der Waals surface area contributed by atoms with Crippen molar-refractivity contribution in [2.75, 3.05) is 0 Å². The van der Waals surface area contributed by atoms with Crippen LogP contribution in [0, 0.1) is 29.6 Å². The second-order valence-corrected chi connectivity index (χ2v) is 12.2. The molecule has 0 aromatic heterocycles. The van der Waals surface area contributed by atoms with E-state index in [0.29, 0.717) is 5.92 Å². The largest absolute Gasteiger partial charge is 0.246 e. The molecule has 186 valence electrons. The van der Waals surface area contributed by atoms with Crippen molar-refractivity contribution in [2.24, 2.45) is 29.6 Å². The van der Waals surface area contributed by atoms with E-state index in [2.05, 4.69) is 19.1 Å². The van der Waals surface area contributed by atoms with Gasteiger partial charge in [0, 0.05) is 0 Å². The van der Waals surface area contributed by atoms with Gasteiger partial charge in [-0.1, -0.05) is 95.4 Å². The number of unbranched alkanes of at least 4 members (excludes halogenated alkanes) is 2. The molecule has 1 aromatic carbocycles. The molecule has 0 N–H and O–H groups in total. The van der Waals surface area contributed by atoms with Crippen LogP contribution in [0.5, 0.6) is 0 Å². The Morgan fingerprint density at radius 1 is 0.606 bits per heavy atom. The third kappa shape index (κ3) is 7.57. The van der Waals surface area contributed by atoms with Crippen LogP contribution in [0.2, 0.25) is 0 Å². The van der Waals surface area contributed by atoms with Gasteiger partial charge in [-0.3, -0.25) is 0 Å². The van der Waals surface area contributed by atoms with E-state index >= 15 is 0 Å². The van der Waals surface area contributed by atoms with Crippen LogP contribution in [0.15, 0.2) is 24.3 Å². The molecule has 0 atom stereocenters. The van der Waals surface area contributed by atoms with Gasteiger partial charge in [-0.05, 0) is 98.0 Å². The maximum absolute atomic E-state index is 12.8. The van der Waals surface area contributed by atoms with Gasteiger partial charge >= 0.3 is 0 Å². The summed E-state index contributed by atoms with van der Waals surface area (Å²) in [5, 5.41) is 0. The minimum atomic E-state index is -0.338. The Hall–Kier alpha value is -0.850. The molecule has 3 saturated carbocycles. The Morgan fingerprint density at radius 2 is 1.09 bits per heavy atom. The van der Waals surface area contributed by atoms with Crippen LogP contribution in [0.3, 0.4) is 0 Å². The SMILES string of the molecule is CCCCC[C@H]1CC[C@H]([C@H]2CC[C@H](CCC3CCC(c4ccc(CF)cc4)CC3)CC2)CC1. The molecule has 0 nitrogen and oxygen atoms in total. The van der Waals surface area contributed by atoms with Crippen molar-refractivity contribution < 1.29 is 4.39 Å². The molecule has 3 aliphatic rings. The van der Waals surface area contributed by atoms with E-state index in [0.717, 1.165) is 35.2 Å². The molecule has 0 saturated heterocycles. The first kappa shape index (κ1) is 25.2. The second kappa shape index (κ2) is 13.3. The lowest BCUT2D eigenvalue weighted by atomic mass is 9.67. The standard InChI is InChI=1S/C32H51F/c1-2-3-4-5-25-8-16-29(17-9-25)30-18-10-26(11-19-30)6-7-27-12-20-31(21-13-27)32-22-14-28(24-33)15-23-32/h14-15,22-23,25-27,29-31H,2-13,16-21,24H2,1H3/t25-,26-,27?,29-,30-,31?. The Morgan fingerprint density at radius 3 is 1.58 bits per heavy atom. The van der Waals surface area contributed by atoms with Crippen LogP contribution in [-0.4, -0.2) is 0 Å². The van der Waals surface area contributed by atoms with E-state index in [1.54, 1.807) is 12.8 Å². The van der Waals surface area contributed by atoms with Crippen molar-refractivity contribution >= 4 is 0 Å². The van der Waals surface area contributed by atoms with Crippen LogP contribution in [0.1, 0.15) is 140 Å². The van der Waals surface area contributed by atoms with Gasteiger partial charge in [-0.15, -0.1) is 0 Å². The number of hydrogen-bond acceptors (Lipinski definition) is 0. The van der Waals surface area contributed by atoms with Gasteiger partial charge < -0.3 is 0 Å². The minimum Gasteiger partial charge on any atom is -0.246 e. The summed E-state index contributed by atoms with van der Waals surface area (Å²) in [7, 11) is 0. The van der Waals surface area contributed by atoms with Crippen LogP contribution >= 0.6 is 0 Å². The van der Waals surface area contributed by atoms with Crippen LogP contribution < -0.4 is 0 Å². The normalized spacial score (nSPS) is 33.2. The topological polar surface area (TPSA) is 0 Å². The van der Waals surface area contributed by atoms with E-state index in [1.165, 1.54) is 108 Å². The zero-order chi connectivity index (χ0) is 22.9. The van der Waals surface area contributed by atoms with E-state index in [4.69, 9.17) is 0 Å². The maximum atomic E-state index is 12.8. The fourth-order valence-electron chi connectivity index (χ4n) is 7.71. The summed E-state index contributed by atoms with van der Waals surface area (Å²) in [6, 6.07) is 8.32. The summed E-state index contributed by atoms with van der Waals surface area (Å²) < 4.78 is 12.8. The lowest BCUT2D eigenvalue weighted by Crippen LogP contribution is -2.26. The quantitative estimate of drug-likeness (QED) is 0.308. The van der Waals surface area contributed by atoms with Gasteiger partial charge in [0.25, 0.3) is 0 Å². The van der Waals surface area contributed by atoms with Gasteiger partial charge in [-0.2, -0.15) is 0 Å². The second-order valence-electron chi connectivity index (χ2n) is 12.2. The first-order valence-electron chi connectivity index (χ1n) is 14.9. The van der Waals surface area contributed by atoms with Crippen molar-refractivity contribution in [3.05, 3.63) is 35.4 Å². The predicted molar refractivity (Wildman–Crippen MR) is 140 cm³/mol. The number of rotatable bonds is 10. The third-order valence-electron chi connectivity index (χ3n) is 10.1. The number of alkyl halides is 1. The van der Waals surface area contributed by atoms with Crippen LogP contribution in [-0.2, 0) is 6.67 Å². The number of benzene rings is 1. The average molecular weight is 455 g/mol. The molecule has 4 rings (SSSR count). The first-order valence-corrected chi connectivity index (χ1v) is 14.9. The molecule has 3 aliphatic carbocycles. The molecular formula is C32H51F. The van der Waals surface area contributed by atoms with Crippen molar-refractivity contribution in [3.63, 3.8) is 0 Å². The van der Waals surface area contributed by atoms with Crippen molar-refractivity contribution in [2.45, 2.75) is 135 Å². The molecule has 0 spiro atoms. The molecule has 33 heavy (non-hydrogen) atoms. The lowest BCUT2D eigenvalue weighted by molar-refractivity contribution is 0.136. The van der Waals surface area contributed by atoms with E-state index in [1.807, 2.05) is 12.1 Å². The Kier molecular flexibility index (Phi) is 10.2. The Bertz CT molecular complexity index is 640. The molecule has 0 amide bonds. The van der Waals surface area contributed by atoms with Crippen LogP contribution in [0.25, 0.3) is 0 Å². The Balaban J connectivity index is 1.08. The number of halogens is 1. The lowest BCUT2D eigenvalue weighted by Gasteiger charge is -2.38. The number of hydrogen-bond donors (Lipinski definition) is 0. The smallest absolute Gasteiger partial charge is 0.115 e. The summed E-state index contributed by atoms with van der Waals surface area (Å²) in [5.74, 6) is 5.91. The molecule has 1 heteroatoms. The molecule has 1 aromatic rings. The molecule has 3 fully saturated rings. The zero-order valence-corrected chi connectivity index (χ0v) is 21.6. The van der Waals surface area contributed by atoms with E-state index < -0.39 is 0 Å². The fraction of sp³-hybridized carbons (Fsp3) is 0.812. The minimum absolute atomic E-state index is 0.338. The average Bonchev–Trinajstić information content (AvgIpc) is 2.89. The highest BCUT2D eigenvalue weighted by Gasteiger charge is 2.31. The first-order chi connectivity index (χ1) is 16.2. The molecule has 0 heterocycles. The van der Waals surface area contributed by atoms with Crippen molar-refractivity contribution in [1.82, 2.24) is 0 Å². The molecule has 0 unspecified atom stereocenters.